The number of hydrogen-bond donors (Lipinski definition) is 0. The molecule has 0 saturated heterocycles. The van der Waals surface area contributed by atoms with Gasteiger partial charge < -0.3 is 23.6 Å². The number of carbonyl (C=O) groups excluding carboxylic acids is 2. The van der Waals surface area contributed by atoms with Crippen LogP contribution in [0.1, 0.15) is 22.5 Å². The SMILES string of the molecule is O=C([O-])CCN(Cc1ccco1)C(=O)c1ccoc1. The number of carboxylic acids is 1. The van der Waals surface area contributed by atoms with Crippen LogP contribution in [-0.2, 0) is 11.3 Å². The van der Waals surface area contributed by atoms with E-state index in [1.54, 1.807) is 12.1 Å². The predicted molar refractivity (Wildman–Crippen MR) is 61.8 cm³/mol. The van der Waals surface area contributed by atoms with Crippen LogP contribution in [0, 0.1) is 0 Å². The molecule has 0 saturated carbocycles. The van der Waals surface area contributed by atoms with E-state index in [0.29, 0.717) is 11.3 Å². The summed E-state index contributed by atoms with van der Waals surface area (Å²) in [7, 11) is 0. The molecule has 0 aliphatic rings. The maximum absolute atomic E-state index is 12.2. The summed E-state index contributed by atoms with van der Waals surface area (Å²) in [6.45, 7) is 0.247. The van der Waals surface area contributed by atoms with Crippen molar-refractivity contribution in [1.29, 1.82) is 0 Å². The number of amides is 1. The fraction of sp³-hybridized carbons (Fsp3) is 0.231. The molecule has 0 radical (unpaired) electrons. The number of carboxylic acid groups (broad SMARTS) is 1. The molecule has 0 aliphatic carbocycles. The first-order valence-corrected chi connectivity index (χ1v) is 5.70. The number of hydrogen-bond acceptors (Lipinski definition) is 5. The molecule has 0 aliphatic heterocycles. The van der Waals surface area contributed by atoms with Gasteiger partial charge in [0, 0.05) is 18.9 Å². The molecule has 0 N–H and O–H groups in total. The van der Waals surface area contributed by atoms with E-state index in [1.807, 2.05) is 0 Å². The summed E-state index contributed by atoms with van der Waals surface area (Å²) in [5, 5.41) is 10.5. The lowest BCUT2D eigenvalue weighted by Crippen LogP contribution is -2.35. The van der Waals surface area contributed by atoms with E-state index in [-0.39, 0.29) is 25.4 Å². The van der Waals surface area contributed by atoms with Crippen LogP contribution in [0.25, 0.3) is 0 Å². The third-order valence-electron chi connectivity index (χ3n) is 2.57. The Balaban J connectivity index is 2.09. The molecule has 6 heteroatoms. The van der Waals surface area contributed by atoms with Crippen molar-refractivity contribution in [1.82, 2.24) is 4.90 Å². The van der Waals surface area contributed by atoms with Gasteiger partial charge in [-0.05, 0) is 18.2 Å². The Kier molecular flexibility index (Phi) is 4.02. The second-order valence-corrected chi connectivity index (χ2v) is 3.94. The second kappa shape index (κ2) is 5.90. The van der Waals surface area contributed by atoms with Gasteiger partial charge in [0.2, 0.25) is 0 Å². The Hall–Kier alpha value is -2.50. The molecule has 2 rings (SSSR count). The maximum atomic E-state index is 12.2. The Morgan fingerprint density at radius 2 is 2.11 bits per heavy atom. The quantitative estimate of drug-likeness (QED) is 0.763. The second-order valence-electron chi connectivity index (χ2n) is 3.94. The van der Waals surface area contributed by atoms with E-state index in [9.17, 15) is 14.7 Å². The van der Waals surface area contributed by atoms with Crippen LogP contribution >= 0.6 is 0 Å². The van der Waals surface area contributed by atoms with Gasteiger partial charge in [0.1, 0.15) is 12.0 Å². The fourth-order valence-corrected chi connectivity index (χ4v) is 1.64. The van der Waals surface area contributed by atoms with Crippen LogP contribution in [-0.4, -0.2) is 23.3 Å². The van der Waals surface area contributed by atoms with Crippen molar-refractivity contribution in [2.24, 2.45) is 0 Å². The lowest BCUT2D eigenvalue weighted by Gasteiger charge is -2.21. The average molecular weight is 262 g/mol. The summed E-state index contributed by atoms with van der Waals surface area (Å²) >= 11 is 0. The van der Waals surface area contributed by atoms with E-state index in [1.165, 1.54) is 29.8 Å². The standard InChI is InChI=1S/C13H13NO5/c15-12(16)3-5-14(8-11-2-1-6-19-11)13(17)10-4-7-18-9-10/h1-2,4,6-7,9H,3,5,8H2,(H,15,16)/p-1. The zero-order valence-electron chi connectivity index (χ0n) is 10.1. The average Bonchev–Trinajstić information content (AvgIpc) is 3.06. The monoisotopic (exact) mass is 262 g/mol. The van der Waals surface area contributed by atoms with Crippen molar-refractivity contribution in [3.8, 4) is 0 Å². The minimum absolute atomic E-state index is 0.0487. The van der Waals surface area contributed by atoms with Crippen LogP contribution in [0.5, 0.6) is 0 Å². The van der Waals surface area contributed by atoms with Gasteiger partial charge in [0.25, 0.3) is 5.91 Å². The summed E-state index contributed by atoms with van der Waals surface area (Å²) < 4.78 is 10.0. The first kappa shape index (κ1) is 12.9. The van der Waals surface area contributed by atoms with Gasteiger partial charge in [-0.2, -0.15) is 0 Å². The van der Waals surface area contributed by atoms with Crippen molar-refractivity contribution in [2.45, 2.75) is 13.0 Å². The van der Waals surface area contributed by atoms with Crippen molar-refractivity contribution in [3.05, 3.63) is 48.3 Å². The highest BCUT2D eigenvalue weighted by Gasteiger charge is 2.18. The maximum Gasteiger partial charge on any atom is 0.257 e. The molecule has 0 bridgehead atoms. The predicted octanol–water partition coefficient (Wildman–Crippen LogP) is 0.655. The van der Waals surface area contributed by atoms with Gasteiger partial charge in [-0.25, -0.2) is 0 Å². The van der Waals surface area contributed by atoms with Crippen molar-refractivity contribution in [2.75, 3.05) is 6.54 Å². The van der Waals surface area contributed by atoms with Gasteiger partial charge in [0.05, 0.1) is 24.6 Å². The van der Waals surface area contributed by atoms with Crippen LogP contribution in [0.4, 0.5) is 0 Å². The van der Waals surface area contributed by atoms with Crippen LogP contribution in [0.3, 0.4) is 0 Å². The molecule has 1 amide bonds. The highest BCUT2D eigenvalue weighted by atomic mass is 16.4. The van der Waals surface area contributed by atoms with Crippen LogP contribution in [0.2, 0.25) is 0 Å². The van der Waals surface area contributed by atoms with E-state index in [2.05, 4.69) is 0 Å². The number of rotatable bonds is 6. The molecular weight excluding hydrogens is 250 g/mol. The summed E-state index contributed by atoms with van der Waals surface area (Å²) in [4.78, 5) is 24.1. The van der Waals surface area contributed by atoms with Crippen molar-refractivity contribution in [3.63, 3.8) is 0 Å². The summed E-state index contributed by atoms with van der Waals surface area (Å²) in [6, 6.07) is 4.94. The van der Waals surface area contributed by atoms with Crippen LogP contribution in [0.15, 0.2) is 45.8 Å². The first-order chi connectivity index (χ1) is 9.16. The molecule has 2 aromatic rings. The highest BCUT2D eigenvalue weighted by Crippen LogP contribution is 2.11. The molecule has 0 unspecified atom stereocenters. The summed E-state index contributed by atoms with van der Waals surface area (Å²) in [5.74, 6) is -0.939. The first-order valence-electron chi connectivity index (χ1n) is 5.70. The number of carbonyl (C=O) groups is 2. The van der Waals surface area contributed by atoms with E-state index < -0.39 is 5.97 Å². The van der Waals surface area contributed by atoms with Gasteiger partial charge in [-0.1, -0.05) is 0 Å². The Morgan fingerprint density at radius 1 is 1.26 bits per heavy atom. The van der Waals surface area contributed by atoms with Crippen molar-refractivity contribution < 1.29 is 23.5 Å². The van der Waals surface area contributed by atoms with E-state index in [4.69, 9.17) is 8.83 Å². The van der Waals surface area contributed by atoms with E-state index >= 15 is 0 Å². The largest absolute Gasteiger partial charge is 0.550 e. The topological polar surface area (TPSA) is 86.7 Å². The Labute approximate surface area is 109 Å². The third kappa shape index (κ3) is 3.48. The molecule has 6 nitrogen and oxygen atoms in total. The van der Waals surface area contributed by atoms with Gasteiger partial charge >= 0.3 is 0 Å². The van der Waals surface area contributed by atoms with Crippen LogP contribution < -0.4 is 5.11 Å². The minimum Gasteiger partial charge on any atom is -0.550 e. The third-order valence-corrected chi connectivity index (χ3v) is 2.57. The number of nitrogens with zero attached hydrogens (tertiary/aromatic N) is 1. The molecule has 2 aromatic heterocycles. The summed E-state index contributed by atoms with van der Waals surface area (Å²) in [6.07, 6.45) is 3.96. The highest BCUT2D eigenvalue weighted by molar-refractivity contribution is 5.93. The lowest BCUT2D eigenvalue weighted by molar-refractivity contribution is -0.305. The molecule has 0 atom stereocenters. The molecule has 0 spiro atoms. The Bertz CT molecular complexity index is 529. The fourth-order valence-electron chi connectivity index (χ4n) is 1.64. The lowest BCUT2D eigenvalue weighted by atomic mass is 10.2. The zero-order valence-corrected chi connectivity index (χ0v) is 10.1. The number of furan rings is 2. The zero-order chi connectivity index (χ0) is 13.7. The van der Waals surface area contributed by atoms with Crippen molar-refractivity contribution >= 4 is 11.9 Å². The Morgan fingerprint density at radius 3 is 2.68 bits per heavy atom. The van der Waals surface area contributed by atoms with E-state index in [0.717, 1.165) is 0 Å². The van der Waals surface area contributed by atoms with Gasteiger partial charge in [0.15, 0.2) is 0 Å². The molecule has 0 fully saturated rings. The molecule has 0 aromatic carbocycles. The van der Waals surface area contributed by atoms with Gasteiger partial charge in [-0.3, -0.25) is 4.79 Å². The summed E-state index contributed by atoms with van der Waals surface area (Å²) in [5.41, 5.74) is 0.366. The number of aliphatic carboxylic acids is 1. The smallest absolute Gasteiger partial charge is 0.257 e. The minimum atomic E-state index is -1.20. The normalized spacial score (nSPS) is 10.3. The molecule has 100 valence electrons. The molecule has 2 heterocycles. The molecule has 19 heavy (non-hydrogen) atoms. The van der Waals surface area contributed by atoms with Gasteiger partial charge in [-0.15, -0.1) is 0 Å². The molecular formula is C13H12NO5-.